The van der Waals surface area contributed by atoms with Crippen molar-refractivity contribution in [2.75, 3.05) is 20.3 Å². The normalized spacial score (nSPS) is 14.4. The minimum atomic E-state index is -1.27. The third-order valence-corrected chi connectivity index (χ3v) is 6.58. The lowest BCUT2D eigenvalue weighted by atomic mass is 10.2. The van der Waals surface area contributed by atoms with Gasteiger partial charge in [-0.2, -0.15) is 0 Å². The molecular weight excluding hydrogens is 420 g/mol. The van der Waals surface area contributed by atoms with Crippen molar-refractivity contribution in [1.29, 1.82) is 0 Å². The largest absolute Gasteiger partial charge is 0.492 e. The Labute approximate surface area is 191 Å². The molecule has 0 spiro atoms. The average Bonchev–Trinajstić information content (AvgIpc) is 3.07. The molecule has 1 aliphatic rings. The Bertz CT molecular complexity index is 1180. The lowest BCUT2D eigenvalue weighted by molar-refractivity contribution is 0.185. The molecule has 0 saturated heterocycles. The van der Waals surface area contributed by atoms with Gasteiger partial charge in [-0.15, -0.1) is 0 Å². The number of pyridine rings is 1. The second kappa shape index (κ2) is 11.0. The van der Waals surface area contributed by atoms with Gasteiger partial charge in [-0.25, -0.2) is 8.51 Å². The van der Waals surface area contributed by atoms with Crippen molar-refractivity contribution >= 4 is 21.9 Å². The third-order valence-electron chi connectivity index (χ3n) is 5.09. The molecule has 6 heteroatoms. The van der Waals surface area contributed by atoms with Crippen molar-refractivity contribution in [2.24, 2.45) is 0 Å². The molecule has 0 radical (unpaired) electrons. The molecule has 2 heterocycles. The van der Waals surface area contributed by atoms with Crippen molar-refractivity contribution in [3.05, 3.63) is 102 Å². The average molecular weight is 447 g/mol. The first-order chi connectivity index (χ1) is 15.8. The fourth-order valence-corrected chi connectivity index (χ4v) is 4.85. The fourth-order valence-electron chi connectivity index (χ4n) is 3.54. The third kappa shape index (κ3) is 5.40. The Morgan fingerprint density at radius 2 is 1.75 bits per heavy atom. The van der Waals surface area contributed by atoms with E-state index in [1.165, 1.54) is 5.56 Å². The van der Waals surface area contributed by atoms with Crippen LogP contribution in [0.15, 0.2) is 96.0 Å². The highest BCUT2D eigenvalue weighted by atomic mass is 32.2. The van der Waals surface area contributed by atoms with Crippen LogP contribution in [0.1, 0.15) is 11.1 Å². The Kier molecular flexibility index (Phi) is 7.61. The van der Waals surface area contributed by atoms with E-state index in [1.54, 1.807) is 13.3 Å². The van der Waals surface area contributed by atoms with E-state index < -0.39 is 11.0 Å². The maximum Gasteiger partial charge on any atom is 0.130 e. The minimum absolute atomic E-state index is 0.529. The van der Waals surface area contributed by atoms with Crippen LogP contribution in [0.4, 0.5) is 0 Å². The van der Waals surface area contributed by atoms with Crippen molar-refractivity contribution in [3.8, 4) is 5.75 Å². The van der Waals surface area contributed by atoms with E-state index in [4.69, 9.17) is 9.47 Å². The second-order valence-corrected chi connectivity index (χ2v) is 8.77. The molecule has 0 bridgehead atoms. The molecule has 3 aromatic carbocycles. The molecular formula is C26H26N2O3S. The zero-order chi connectivity index (χ0) is 22.2. The lowest BCUT2D eigenvalue weighted by Crippen LogP contribution is -2.28. The first-order valence-electron chi connectivity index (χ1n) is 10.5. The van der Waals surface area contributed by atoms with Crippen molar-refractivity contribution in [2.45, 2.75) is 18.0 Å². The molecule has 164 valence electrons. The maximum absolute atomic E-state index is 13.1. The molecule has 0 amide bonds. The Morgan fingerprint density at radius 1 is 0.969 bits per heavy atom. The van der Waals surface area contributed by atoms with E-state index in [0.717, 1.165) is 27.1 Å². The standard InChI is InChI=1S/C18H16N2O2S.C8H10O/c21-23(17-9-3-6-14-7-4-10-19-18(14)17)20-11-12-22-16-8-2-1-5-15(16)13-20;1-9-7-8-5-3-2-4-6-8/h1-10H,11-13H2;2-6H,7H2,1H3. The molecule has 1 aromatic heterocycles. The van der Waals surface area contributed by atoms with Crippen molar-refractivity contribution in [1.82, 2.24) is 9.29 Å². The summed E-state index contributed by atoms with van der Waals surface area (Å²) in [6.07, 6.45) is 1.74. The van der Waals surface area contributed by atoms with Gasteiger partial charge in [0, 0.05) is 37.3 Å². The summed E-state index contributed by atoms with van der Waals surface area (Å²) in [6.45, 7) is 2.46. The highest BCUT2D eigenvalue weighted by Gasteiger charge is 2.22. The summed E-state index contributed by atoms with van der Waals surface area (Å²) in [5.74, 6) is 0.878. The van der Waals surface area contributed by atoms with Crippen LogP contribution in [0.2, 0.25) is 0 Å². The molecule has 1 atom stereocenters. The van der Waals surface area contributed by atoms with Crippen LogP contribution in [0.5, 0.6) is 5.75 Å². The number of para-hydroxylation sites is 2. The molecule has 5 nitrogen and oxygen atoms in total. The molecule has 1 unspecified atom stereocenters. The van der Waals surface area contributed by atoms with Crippen LogP contribution in [0, 0.1) is 0 Å². The van der Waals surface area contributed by atoms with Gasteiger partial charge < -0.3 is 9.47 Å². The first kappa shape index (κ1) is 22.1. The van der Waals surface area contributed by atoms with E-state index in [-0.39, 0.29) is 0 Å². The highest BCUT2D eigenvalue weighted by molar-refractivity contribution is 7.82. The molecule has 0 fully saturated rings. The number of benzene rings is 3. The van der Waals surface area contributed by atoms with Gasteiger partial charge in [0.05, 0.1) is 17.0 Å². The van der Waals surface area contributed by atoms with E-state index in [1.807, 2.05) is 89.2 Å². The summed E-state index contributed by atoms with van der Waals surface area (Å²) in [5.41, 5.74) is 3.08. The predicted octanol–water partition coefficient (Wildman–Crippen LogP) is 4.99. The Hall–Kier alpha value is -3.06. The van der Waals surface area contributed by atoms with Gasteiger partial charge in [0.1, 0.15) is 23.3 Å². The van der Waals surface area contributed by atoms with E-state index in [0.29, 0.717) is 26.3 Å². The van der Waals surface area contributed by atoms with Gasteiger partial charge in [-0.05, 0) is 23.8 Å². The molecule has 4 aromatic rings. The van der Waals surface area contributed by atoms with Gasteiger partial charge >= 0.3 is 0 Å². The first-order valence-corrected chi connectivity index (χ1v) is 11.6. The van der Waals surface area contributed by atoms with Crippen LogP contribution in [0.25, 0.3) is 10.9 Å². The predicted molar refractivity (Wildman–Crippen MR) is 128 cm³/mol. The summed E-state index contributed by atoms with van der Waals surface area (Å²) >= 11 is 0. The minimum Gasteiger partial charge on any atom is -0.492 e. The van der Waals surface area contributed by atoms with Crippen LogP contribution in [0.3, 0.4) is 0 Å². The summed E-state index contributed by atoms with van der Waals surface area (Å²) in [4.78, 5) is 5.17. The molecule has 5 rings (SSSR count). The molecule has 0 N–H and O–H groups in total. The second-order valence-electron chi connectivity index (χ2n) is 7.32. The van der Waals surface area contributed by atoms with Gasteiger partial charge in [0.25, 0.3) is 0 Å². The number of rotatable bonds is 4. The molecule has 32 heavy (non-hydrogen) atoms. The fraction of sp³-hybridized carbons (Fsp3) is 0.192. The topological polar surface area (TPSA) is 51.7 Å². The molecule has 1 aliphatic heterocycles. The van der Waals surface area contributed by atoms with Crippen LogP contribution in [-0.4, -0.2) is 33.8 Å². The highest BCUT2D eigenvalue weighted by Crippen LogP contribution is 2.27. The zero-order valence-electron chi connectivity index (χ0n) is 18.0. The number of ether oxygens (including phenoxy) is 2. The maximum atomic E-state index is 13.1. The molecule has 0 saturated carbocycles. The van der Waals surface area contributed by atoms with Crippen LogP contribution in [-0.2, 0) is 28.9 Å². The van der Waals surface area contributed by atoms with Crippen molar-refractivity contribution < 1.29 is 13.7 Å². The van der Waals surface area contributed by atoms with Crippen LogP contribution < -0.4 is 4.74 Å². The SMILES string of the molecule is COCc1ccccc1.O=S(c1cccc2cccnc12)N1CCOc2ccccc2C1. The van der Waals surface area contributed by atoms with Gasteiger partial charge in [-0.3, -0.25) is 4.98 Å². The summed E-state index contributed by atoms with van der Waals surface area (Å²) in [6, 6.07) is 27.7. The van der Waals surface area contributed by atoms with Gasteiger partial charge in [-0.1, -0.05) is 66.7 Å². The van der Waals surface area contributed by atoms with Gasteiger partial charge in [0.2, 0.25) is 0 Å². The number of hydrogen-bond donors (Lipinski definition) is 0. The number of fused-ring (bicyclic) bond motifs is 2. The van der Waals surface area contributed by atoms with Crippen molar-refractivity contribution in [3.63, 3.8) is 0 Å². The smallest absolute Gasteiger partial charge is 0.130 e. The van der Waals surface area contributed by atoms with Crippen LogP contribution >= 0.6 is 0 Å². The Morgan fingerprint density at radius 3 is 2.59 bits per heavy atom. The lowest BCUT2D eigenvalue weighted by Gasteiger charge is -2.18. The summed E-state index contributed by atoms with van der Waals surface area (Å²) < 4.78 is 25.7. The van der Waals surface area contributed by atoms with E-state index in [9.17, 15) is 4.21 Å². The molecule has 0 aliphatic carbocycles. The monoisotopic (exact) mass is 446 g/mol. The van der Waals surface area contributed by atoms with E-state index >= 15 is 0 Å². The van der Waals surface area contributed by atoms with E-state index in [2.05, 4.69) is 4.98 Å². The number of nitrogens with zero attached hydrogens (tertiary/aromatic N) is 2. The van der Waals surface area contributed by atoms with Gasteiger partial charge in [0.15, 0.2) is 0 Å². The quantitative estimate of drug-likeness (QED) is 0.443. The summed E-state index contributed by atoms with van der Waals surface area (Å²) in [5, 5.41) is 1.00. The zero-order valence-corrected chi connectivity index (χ0v) is 18.8. The Balaban J connectivity index is 0.000000230. The number of hydrogen-bond acceptors (Lipinski definition) is 4. The number of methoxy groups -OCH3 is 1. The summed E-state index contributed by atoms with van der Waals surface area (Å²) in [7, 11) is 0.429. The number of aromatic nitrogens is 1.